The van der Waals surface area contributed by atoms with Crippen molar-refractivity contribution in [3.63, 3.8) is 0 Å². The van der Waals surface area contributed by atoms with E-state index >= 15 is 0 Å². The van der Waals surface area contributed by atoms with E-state index in [1.54, 1.807) is 11.3 Å². The van der Waals surface area contributed by atoms with E-state index in [4.69, 9.17) is 0 Å². The molecule has 0 bridgehead atoms. The second kappa shape index (κ2) is 5.65. The lowest BCUT2D eigenvalue weighted by molar-refractivity contribution is 0.539. The van der Waals surface area contributed by atoms with Gasteiger partial charge in [0.2, 0.25) is 0 Å². The Morgan fingerprint density at radius 2 is 2.26 bits per heavy atom. The van der Waals surface area contributed by atoms with Crippen molar-refractivity contribution in [2.45, 2.75) is 30.7 Å². The van der Waals surface area contributed by atoms with Crippen LogP contribution in [0.3, 0.4) is 0 Å². The average molecular weight is 290 g/mol. The van der Waals surface area contributed by atoms with Gasteiger partial charge in [0.25, 0.3) is 0 Å². The molecule has 19 heavy (non-hydrogen) atoms. The monoisotopic (exact) mass is 290 g/mol. The molecule has 1 aliphatic rings. The van der Waals surface area contributed by atoms with Crippen molar-refractivity contribution in [2.24, 2.45) is 0 Å². The molecule has 1 N–H and O–H groups in total. The maximum Gasteiger partial charge on any atom is 0.109 e. The first-order valence-corrected chi connectivity index (χ1v) is 8.41. The zero-order valence-corrected chi connectivity index (χ0v) is 12.9. The second-order valence-electron chi connectivity index (χ2n) is 4.98. The highest BCUT2D eigenvalue weighted by Gasteiger charge is 2.23. The summed E-state index contributed by atoms with van der Waals surface area (Å²) >= 11 is 3.76. The van der Waals surface area contributed by atoms with E-state index in [9.17, 15) is 0 Å². The summed E-state index contributed by atoms with van der Waals surface area (Å²) in [6, 6.07) is 9.11. The van der Waals surface area contributed by atoms with Gasteiger partial charge in [0, 0.05) is 34.2 Å². The highest BCUT2D eigenvalue weighted by molar-refractivity contribution is 7.99. The van der Waals surface area contributed by atoms with Gasteiger partial charge in [-0.2, -0.15) is 0 Å². The van der Waals surface area contributed by atoms with Gasteiger partial charge in [-0.25, -0.2) is 4.98 Å². The maximum absolute atomic E-state index is 4.46. The van der Waals surface area contributed by atoms with Crippen molar-refractivity contribution in [3.8, 4) is 0 Å². The molecule has 0 radical (unpaired) electrons. The Hall–Kier alpha value is -0.840. The molecule has 3 rings (SSSR count). The minimum absolute atomic E-state index is 0.344. The van der Waals surface area contributed by atoms with Crippen LogP contribution >= 0.6 is 23.1 Å². The molecule has 1 aromatic heterocycles. The Labute approximate surface area is 122 Å². The summed E-state index contributed by atoms with van der Waals surface area (Å²) in [4.78, 5) is 7.19. The van der Waals surface area contributed by atoms with Crippen molar-refractivity contribution in [1.29, 1.82) is 0 Å². The van der Waals surface area contributed by atoms with E-state index in [0.717, 1.165) is 6.54 Å². The fourth-order valence-electron chi connectivity index (χ4n) is 2.38. The molecular formula is C15H18N2S2. The molecule has 0 spiro atoms. The molecule has 100 valence electrons. The first-order chi connectivity index (χ1) is 9.24. The highest BCUT2D eigenvalue weighted by atomic mass is 32.2. The van der Waals surface area contributed by atoms with Crippen molar-refractivity contribution in [2.75, 3.05) is 12.3 Å². The molecule has 2 nitrogen and oxygen atoms in total. The number of fused-ring (bicyclic) bond motifs is 1. The van der Waals surface area contributed by atoms with Crippen molar-refractivity contribution < 1.29 is 0 Å². The SMILES string of the molecule is Cc1cnc(C(C)NCC2CSc3ccccc32)s1. The van der Waals surface area contributed by atoms with Gasteiger partial charge in [-0.3, -0.25) is 0 Å². The fraction of sp³-hybridized carbons (Fsp3) is 0.400. The van der Waals surface area contributed by atoms with E-state index in [-0.39, 0.29) is 0 Å². The summed E-state index contributed by atoms with van der Waals surface area (Å²) in [6.07, 6.45) is 1.96. The van der Waals surface area contributed by atoms with Gasteiger partial charge in [0.1, 0.15) is 5.01 Å². The third-order valence-electron chi connectivity index (χ3n) is 3.48. The van der Waals surface area contributed by atoms with Crippen molar-refractivity contribution in [1.82, 2.24) is 10.3 Å². The molecule has 0 fully saturated rings. The minimum atomic E-state index is 0.344. The van der Waals surface area contributed by atoms with Gasteiger partial charge in [-0.15, -0.1) is 23.1 Å². The Kier molecular flexibility index (Phi) is 3.91. The predicted molar refractivity (Wildman–Crippen MR) is 83.2 cm³/mol. The number of nitrogens with zero attached hydrogens (tertiary/aromatic N) is 1. The summed E-state index contributed by atoms with van der Waals surface area (Å²) in [5.74, 6) is 1.82. The van der Waals surface area contributed by atoms with Gasteiger partial charge in [-0.1, -0.05) is 18.2 Å². The molecule has 1 aliphatic heterocycles. The van der Waals surface area contributed by atoms with Gasteiger partial charge < -0.3 is 5.32 Å². The summed E-state index contributed by atoms with van der Waals surface area (Å²) in [5, 5.41) is 4.82. The van der Waals surface area contributed by atoms with Crippen LogP contribution in [0.15, 0.2) is 35.4 Å². The van der Waals surface area contributed by atoms with E-state index in [1.807, 2.05) is 18.0 Å². The lowest BCUT2D eigenvalue weighted by atomic mass is 10.0. The zero-order valence-electron chi connectivity index (χ0n) is 11.2. The number of rotatable bonds is 4. The van der Waals surface area contributed by atoms with Crippen molar-refractivity contribution >= 4 is 23.1 Å². The number of benzene rings is 1. The number of hydrogen-bond acceptors (Lipinski definition) is 4. The van der Waals surface area contributed by atoms with Gasteiger partial charge in [0.15, 0.2) is 0 Å². The molecule has 1 aromatic carbocycles. The first kappa shape index (κ1) is 13.2. The second-order valence-corrected chi connectivity index (χ2v) is 7.31. The molecule has 2 atom stereocenters. The maximum atomic E-state index is 4.46. The van der Waals surface area contributed by atoms with Crippen LogP contribution in [0.25, 0.3) is 0 Å². The summed E-state index contributed by atoms with van der Waals surface area (Å²) in [6.45, 7) is 5.34. The van der Waals surface area contributed by atoms with E-state index < -0.39 is 0 Å². The third-order valence-corrected chi connectivity index (χ3v) is 5.83. The van der Waals surface area contributed by atoms with Crippen LogP contribution < -0.4 is 5.32 Å². The molecule has 0 saturated carbocycles. The molecule has 2 unspecified atom stereocenters. The van der Waals surface area contributed by atoms with Crippen LogP contribution in [0.4, 0.5) is 0 Å². The highest BCUT2D eigenvalue weighted by Crippen LogP contribution is 2.39. The topological polar surface area (TPSA) is 24.9 Å². The summed E-state index contributed by atoms with van der Waals surface area (Å²) in [7, 11) is 0. The predicted octanol–water partition coefficient (Wildman–Crippen LogP) is 3.99. The van der Waals surface area contributed by atoms with E-state index in [0.29, 0.717) is 12.0 Å². The molecule has 4 heteroatoms. The lowest BCUT2D eigenvalue weighted by Crippen LogP contribution is -2.24. The third kappa shape index (κ3) is 2.86. The number of thioether (sulfide) groups is 1. The number of nitrogens with one attached hydrogen (secondary N) is 1. The number of aryl methyl sites for hydroxylation is 1. The lowest BCUT2D eigenvalue weighted by Gasteiger charge is -2.16. The molecular weight excluding hydrogens is 272 g/mol. The largest absolute Gasteiger partial charge is 0.308 e. The number of thiazole rings is 1. The van der Waals surface area contributed by atoms with Crippen LogP contribution in [0.5, 0.6) is 0 Å². The smallest absolute Gasteiger partial charge is 0.109 e. The Bertz CT molecular complexity index is 565. The first-order valence-electron chi connectivity index (χ1n) is 6.61. The Morgan fingerprint density at radius 1 is 1.42 bits per heavy atom. The van der Waals surface area contributed by atoms with Crippen LogP contribution in [-0.4, -0.2) is 17.3 Å². The quantitative estimate of drug-likeness (QED) is 0.921. The normalized spacial score (nSPS) is 19.4. The molecule has 2 heterocycles. The zero-order chi connectivity index (χ0) is 13.2. The van der Waals surface area contributed by atoms with Crippen LogP contribution in [0, 0.1) is 6.92 Å². The van der Waals surface area contributed by atoms with Crippen LogP contribution in [0.1, 0.15) is 34.3 Å². The molecule has 2 aromatic rings. The van der Waals surface area contributed by atoms with Crippen LogP contribution in [0.2, 0.25) is 0 Å². The summed E-state index contributed by atoms with van der Waals surface area (Å²) in [5.41, 5.74) is 1.50. The molecule has 0 amide bonds. The number of hydrogen-bond donors (Lipinski definition) is 1. The van der Waals surface area contributed by atoms with E-state index in [1.165, 1.54) is 26.1 Å². The fourth-order valence-corrected chi connectivity index (χ4v) is 4.43. The molecule has 0 aliphatic carbocycles. The van der Waals surface area contributed by atoms with Gasteiger partial charge in [-0.05, 0) is 25.5 Å². The van der Waals surface area contributed by atoms with Gasteiger partial charge in [0.05, 0.1) is 6.04 Å². The Balaban J connectivity index is 1.62. The van der Waals surface area contributed by atoms with Crippen LogP contribution in [-0.2, 0) is 0 Å². The minimum Gasteiger partial charge on any atom is -0.308 e. The number of aromatic nitrogens is 1. The van der Waals surface area contributed by atoms with Crippen molar-refractivity contribution in [3.05, 3.63) is 45.9 Å². The summed E-state index contributed by atoms with van der Waals surface area (Å²) < 4.78 is 0. The van der Waals surface area contributed by atoms with E-state index in [2.05, 4.69) is 48.4 Å². The average Bonchev–Trinajstić information content (AvgIpc) is 3.02. The standard InChI is InChI=1S/C15H18N2S2/c1-10-7-17-15(19-10)11(2)16-8-12-9-18-14-6-4-3-5-13(12)14/h3-7,11-12,16H,8-9H2,1-2H3. The Morgan fingerprint density at radius 3 is 3.05 bits per heavy atom. The molecule has 0 saturated heterocycles. The van der Waals surface area contributed by atoms with Gasteiger partial charge >= 0.3 is 0 Å².